The molecule has 0 atom stereocenters. The van der Waals surface area contributed by atoms with Crippen LogP contribution in [0.25, 0.3) is 0 Å². The van der Waals surface area contributed by atoms with E-state index in [9.17, 15) is 4.79 Å². The van der Waals surface area contributed by atoms with Crippen molar-refractivity contribution in [3.8, 4) is 0 Å². The van der Waals surface area contributed by atoms with Crippen LogP contribution >= 0.6 is 11.5 Å². The molecule has 5 heteroatoms. The molecule has 0 saturated carbocycles. The van der Waals surface area contributed by atoms with Crippen molar-refractivity contribution in [2.75, 3.05) is 21.2 Å². The number of amides is 1. The van der Waals surface area contributed by atoms with Gasteiger partial charge in [-0.1, -0.05) is 0 Å². The van der Waals surface area contributed by atoms with E-state index in [2.05, 4.69) is 4.37 Å². The zero-order chi connectivity index (χ0) is 9.84. The van der Waals surface area contributed by atoms with Gasteiger partial charge in [0.1, 0.15) is 5.69 Å². The van der Waals surface area contributed by atoms with Crippen LogP contribution in [0.5, 0.6) is 0 Å². The Morgan fingerprint density at radius 2 is 2.38 bits per heavy atom. The molecule has 0 unspecified atom stereocenters. The number of hydrogen-bond donors (Lipinski definition) is 0. The Labute approximate surface area is 81.3 Å². The van der Waals surface area contributed by atoms with Crippen molar-refractivity contribution >= 4 is 17.4 Å². The summed E-state index contributed by atoms with van der Waals surface area (Å²) < 4.78 is 8.95. The van der Waals surface area contributed by atoms with Crippen molar-refractivity contribution in [1.29, 1.82) is 0 Å². The van der Waals surface area contributed by atoms with Crippen molar-refractivity contribution in [3.63, 3.8) is 0 Å². The predicted molar refractivity (Wildman–Crippen MR) is 50.8 cm³/mol. The fourth-order valence-corrected chi connectivity index (χ4v) is 1.53. The van der Waals surface area contributed by atoms with Crippen LogP contribution in [0.2, 0.25) is 0 Å². The highest BCUT2D eigenvalue weighted by molar-refractivity contribution is 7.05. The van der Waals surface area contributed by atoms with Crippen molar-refractivity contribution in [2.24, 2.45) is 0 Å². The lowest BCUT2D eigenvalue weighted by atomic mass is 10.3. The summed E-state index contributed by atoms with van der Waals surface area (Å²) in [5.41, 5.74) is 0.488. The smallest absolute Gasteiger partial charge is 0.273 e. The van der Waals surface area contributed by atoms with Crippen LogP contribution in [-0.4, -0.2) is 36.4 Å². The predicted octanol–water partition coefficient (Wildman–Crippen LogP) is 0.991. The van der Waals surface area contributed by atoms with Gasteiger partial charge in [-0.2, -0.15) is 4.37 Å². The maximum absolute atomic E-state index is 11.4. The first-order valence-electron chi connectivity index (χ1n) is 3.81. The number of aromatic nitrogens is 1. The summed E-state index contributed by atoms with van der Waals surface area (Å²) in [6, 6.07) is 1.76. The lowest BCUT2D eigenvalue weighted by molar-refractivity contribution is 0.0823. The number of hydrogen-bond acceptors (Lipinski definition) is 4. The molecule has 1 amide bonds. The Morgan fingerprint density at radius 1 is 1.69 bits per heavy atom. The van der Waals surface area contributed by atoms with Gasteiger partial charge in [0.05, 0.1) is 11.5 Å². The summed E-state index contributed by atoms with van der Waals surface area (Å²) in [6.07, 6.45) is 0. The summed E-state index contributed by atoms with van der Waals surface area (Å²) in [4.78, 5) is 13.9. The molecule has 0 aromatic carbocycles. The standard InChI is InChI=1S/C8H12N2O2S/c1-10(2)8(11)7-4-6(5-12-3)13-9-7/h4H,5H2,1-3H3. The molecule has 0 bridgehead atoms. The fourth-order valence-electron chi connectivity index (χ4n) is 0.853. The molecular formula is C8H12N2O2S. The van der Waals surface area contributed by atoms with Gasteiger partial charge >= 0.3 is 0 Å². The van der Waals surface area contributed by atoms with Crippen molar-refractivity contribution in [1.82, 2.24) is 9.27 Å². The van der Waals surface area contributed by atoms with E-state index >= 15 is 0 Å². The SMILES string of the molecule is COCc1cc(C(=O)N(C)C)ns1. The molecule has 1 aromatic rings. The molecule has 0 aliphatic heterocycles. The zero-order valence-corrected chi connectivity index (χ0v) is 8.72. The zero-order valence-electron chi connectivity index (χ0n) is 7.90. The lowest BCUT2D eigenvalue weighted by Crippen LogP contribution is -2.21. The minimum Gasteiger partial charge on any atom is -0.379 e. The molecule has 0 fully saturated rings. The molecule has 0 saturated heterocycles. The van der Waals surface area contributed by atoms with Crippen LogP contribution in [0.15, 0.2) is 6.07 Å². The molecule has 1 aromatic heterocycles. The highest BCUT2D eigenvalue weighted by Gasteiger charge is 2.11. The van der Waals surface area contributed by atoms with E-state index < -0.39 is 0 Å². The Hall–Kier alpha value is -0.940. The molecule has 13 heavy (non-hydrogen) atoms. The second-order valence-electron chi connectivity index (χ2n) is 2.81. The summed E-state index contributed by atoms with van der Waals surface area (Å²) in [5.74, 6) is -0.0707. The van der Waals surface area contributed by atoms with Crippen molar-refractivity contribution in [2.45, 2.75) is 6.61 Å². The minimum atomic E-state index is -0.0707. The van der Waals surface area contributed by atoms with Crippen LogP contribution in [0.4, 0.5) is 0 Å². The molecule has 4 nitrogen and oxygen atoms in total. The Morgan fingerprint density at radius 3 is 2.92 bits per heavy atom. The van der Waals surface area contributed by atoms with Gasteiger partial charge in [0, 0.05) is 21.2 Å². The number of methoxy groups -OCH3 is 1. The van der Waals surface area contributed by atoms with Crippen molar-refractivity contribution in [3.05, 3.63) is 16.6 Å². The highest BCUT2D eigenvalue weighted by atomic mass is 32.1. The molecule has 72 valence electrons. The Bertz CT molecular complexity index is 296. The molecule has 0 spiro atoms. The van der Waals surface area contributed by atoms with Gasteiger partial charge in [0.25, 0.3) is 5.91 Å². The van der Waals surface area contributed by atoms with E-state index in [0.717, 1.165) is 4.88 Å². The highest BCUT2D eigenvalue weighted by Crippen LogP contribution is 2.11. The lowest BCUT2D eigenvalue weighted by Gasteiger charge is -2.06. The van der Waals surface area contributed by atoms with Gasteiger partial charge in [-0.05, 0) is 17.6 Å². The number of nitrogens with zero attached hydrogens (tertiary/aromatic N) is 2. The third-order valence-corrected chi connectivity index (χ3v) is 2.23. The maximum Gasteiger partial charge on any atom is 0.273 e. The van der Waals surface area contributed by atoms with Crippen LogP contribution in [0.3, 0.4) is 0 Å². The monoisotopic (exact) mass is 200 g/mol. The van der Waals surface area contributed by atoms with Gasteiger partial charge in [-0.25, -0.2) is 0 Å². The third kappa shape index (κ3) is 2.50. The van der Waals surface area contributed by atoms with E-state index in [-0.39, 0.29) is 5.91 Å². The fraction of sp³-hybridized carbons (Fsp3) is 0.500. The quantitative estimate of drug-likeness (QED) is 0.730. The largest absolute Gasteiger partial charge is 0.379 e. The van der Waals surface area contributed by atoms with Crippen LogP contribution in [0, 0.1) is 0 Å². The average Bonchev–Trinajstić information content (AvgIpc) is 2.52. The topological polar surface area (TPSA) is 42.4 Å². The first-order valence-corrected chi connectivity index (χ1v) is 4.58. The Balaban J connectivity index is 2.73. The first kappa shape index (κ1) is 10.1. The van der Waals surface area contributed by atoms with Crippen molar-refractivity contribution < 1.29 is 9.53 Å². The van der Waals surface area contributed by atoms with E-state index in [1.165, 1.54) is 16.4 Å². The van der Waals surface area contributed by atoms with Crippen LogP contribution in [-0.2, 0) is 11.3 Å². The molecule has 0 radical (unpaired) electrons. The van der Waals surface area contributed by atoms with Gasteiger partial charge < -0.3 is 9.64 Å². The van der Waals surface area contributed by atoms with Crippen LogP contribution in [0.1, 0.15) is 15.4 Å². The van der Waals surface area contributed by atoms with Crippen LogP contribution < -0.4 is 0 Å². The van der Waals surface area contributed by atoms with Gasteiger partial charge in [0.15, 0.2) is 0 Å². The van der Waals surface area contributed by atoms with Gasteiger partial charge in [0.2, 0.25) is 0 Å². The van der Waals surface area contributed by atoms with E-state index in [1.807, 2.05) is 0 Å². The normalized spacial score (nSPS) is 10.1. The summed E-state index contributed by atoms with van der Waals surface area (Å²) in [7, 11) is 5.03. The second kappa shape index (κ2) is 4.34. The van der Waals surface area contributed by atoms with E-state index in [0.29, 0.717) is 12.3 Å². The second-order valence-corrected chi connectivity index (χ2v) is 3.70. The first-order chi connectivity index (χ1) is 6.15. The molecule has 0 aliphatic carbocycles. The number of rotatable bonds is 3. The molecule has 0 aliphatic rings. The maximum atomic E-state index is 11.4. The number of ether oxygens (including phenoxy) is 1. The summed E-state index contributed by atoms with van der Waals surface area (Å²) >= 11 is 1.30. The number of carbonyl (C=O) groups excluding carboxylic acids is 1. The van der Waals surface area contributed by atoms with E-state index in [4.69, 9.17) is 4.74 Å². The molecular weight excluding hydrogens is 188 g/mol. The third-order valence-electron chi connectivity index (χ3n) is 1.47. The van der Waals surface area contributed by atoms with Gasteiger partial charge in [-0.15, -0.1) is 0 Å². The molecule has 1 rings (SSSR count). The summed E-state index contributed by atoms with van der Waals surface area (Å²) in [6.45, 7) is 0.512. The molecule has 0 N–H and O–H groups in total. The molecule has 1 heterocycles. The Kier molecular flexibility index (Phi) is 3.39. The minimum absolute atomic E-state index is 0.0707. The number of carbonyl (C=O) groups is 1. The van der Waals surface area contributed by atoms with E-state index in [1.54, 1.807) is 27.3 Å². The summed E-state index contributed by atoms with van der Waals surface area (Å²) in [5, 5.41) is 0. The average molecular weight is 200 g/mol. The van der Waals surface area contributed by atoms with Gasteiger partial charge in [-0.3, -0.25) is 4.79 Å².